The van der Waals surface area contributed by atoms with Gasteiger partial charge in [0, 0.05) is 39.3 Å². The second-order valence-corrected chi connectivity index (χ2v) is 18.5. The van der Waals surface area contributed by atoms with Crippen LogP contribution in [-0.4, -0.2) is 73.2 Å². The molecule has 48 heavy (non-hydrogen) atoms. The Kier molecular flexibility index (Phi) is 9.58. The van der Waals surface area contributed by atoms with E-state index in [2.05, 4.69) is 21.2 Å². The number of carbonyl (C=O) groups excluding carboxylic acids is 3. The van der Waals surface area contributed by atoms with Crippen LogP contribution in [0.3, 0.4) is 0 Å². The van der Waals surface area contributed by atoms with Gasteiger partial charge in [-0.25, -0.2) is 0 Å². The number of carbonyl (C=O) groups is 3. The lowest BCUT2D eigenvalue weighted by Crippen LogP contribution is -2.46. The fourth-order valence-corrected chi connectivity index (χ4v) is 10.8. The summed E-state index contributed by atoms with van der Waals surface area (Å²) < 4.78 is 12.8. The number of hydrogen-bond donors (Lipinski definition) is 3. The minimum atomic E-state index is -2.97. The number of nitrogens with one attached hydrogen (secondary N) is 1. The topological polar surface area (TPSA) is 129 Å². The molecule has 0 unspecified atom stereocenters. The first-order valence-corrected chi connectivity index (χ1v) is 20.2. The van der Waals surface area contributed by atoms with E-state index in [1.807, 2.05) is 56.4 Å². The number of benzene rings is 3. The molecule has 0 saturated carbocycles. The van der Waals surface area contributed by atoms with Gasteiger partial charge in [0.2, 0.25) is 5.91 Å². The van der Waals surface area contributed by atoms with Crippen LogP contribution in [-0.2, 0) is 26.5 Å². The maximum atomic E-state index is 14.8. The van der Waals surface area contributed by atoms with E-state index in [-0.39, 0.29) is 43.3 Å². The molecule has 1 spiro atoms. The van der Waals surface area contributed by atoms with Gasteiger partial charge < -0.3 is 34.5 Å². The summed E-state index contributed by atoms with van der Waals surface area (Å²) in [4.78, 5) is 56.4. The third kappa shape index (κ3) is 6.20. The fourth-order valence-electron chi connectivity index (χ4n) is 7.93. The molecule has 254 valence electrons. The van der Waals surface area contributed by atoms with Crippen LogP contribution in [0.4, 0.5) is 11.4 Å². The van der Waals surface area contributed by atoms with Crippen LogP contribution in [0, 0.1) is 5.92 Å². The lowest BCUT2D eigenvalue weighted by atomic mass is 9.82. The molecule has 0 aliphatic carbocycles. The molecule has 3 aromatic rings. The van der Waals surface area contributed by atoms with Crippen LogP contribution < -0.4 is 15.0 Å². The fraction of sp³-hybridized carbons (Fsp3) is 0.417. The van der Waals surface area contributed by atoms with Gasteiger partial charge in [0.25, 0.3) is 11.8 Å². The third-order valence-electron chi connectivity index (χ3n) is 10.1. The Morgan fingerprint density at radius 3 is 2.56 bits per heavy atom. The summed E-state index contributed by atoms with van der Waals surface area (Å²) in [6.07, 6.45) is 0.926. The average Bonchev–Trinajstić information content (AvgIpc) is 3.71. The Hall–Kier alpha value is -3.55. The standard InChI is InChI=1S/C36H42BrN3O7Si/c1-22-33(48(3,4)45)31(19-32(42)39-16-6-9-27(39)21-41)47-36(22)29-18-25(37)12-15-30(29)40(35(36)44)20-23-7-5-8-26(17-23)38-34(43)24-10-13-28(46-2)14-11-24/h5,7-8,10-15,17-18,22,27,31,33,41,45H,6,9,16,19-21H2,1-4H3,(H,38,43)/t22-,27-,31+,33-,36+/m0/s1. The molecule has 12 heteroatoms. The number of fused-ring (bicyclic) bond motifs is 2. The molecule has 3 N–H and O–H groups in total. The van der Waals surface area contributed by atoms with Crippen molar-refractivity contribution in [2.75, 3.05) is 30.5 Å². The van der Waals surface area contributed by atoms with E-state index >= 15 is 0 Å². The molecule has 3 aliphatic rings. The van der Waals surface area contributed by atoms with Gasteiger partial charge in [-0.3, -0.25) is 14.4 Å². The van der Waals surface area contributed by atoms with Crippen LogP contribution in [0.25, 0.3) is 0 Å². The zero-order valence-corrected chi connectivity index (χ0v) is 30.2. The van der Waals surface area contributed by atoms with E-state index < -0.39 is 31.5 Å². The van der Waals surface area contributed by atoms with Crippen LogP contribution in [0.5, 0.6) is 5.75 Å². The van der Waals surface area contributed by atoms with Crippen molar-refractivity contribution < 1.29 is 33.8 Å². The van der Waals surface area contributed by atoms with Crippen molar-refractivity contribution in [2.24, 2.45) is 5.92 Å². The summed E-state index contributed by atoms with van der Waals surface area (Å²) in [6, 6.07) is 19.7. The van der Waals surface area contributed by atoms with Crippen molar-refractivity contribution >= 4 is 53.3 Å². The lowest BCUT2D eigenvalue weighted by molar-refractivity contribution is -0.150. The van der Waals surface area contributed by atoms with Gasteiger partial charge in [-0.1, -0.05) is 35.0 Å². The van der Waals surface area contributed by atoms with Crippen LogP contribution in [0.2, 0.25) is 18.6 Å². The van der Waals surface area contributed by atoms with Crippen molar-refractivity contribution in [3.8, 4) is 5.75 Å². The summed E-state index contributed by atoms with van der Waals surface area (Å²) >= 11 is 3.59. The van der Waals surface area contributed by atoms with Crippen molar-refractivity contribution in [3.63, 3.8) is 0 Å². The highest BCUT2D eigenvalue weighted by Crippen LogP contribution is 2.60. The highest BCUT2D eigenvalue weighted by Gasteiger charge is 2.66. The van der Waals surface area contributed by atoms with Crippen molar-refractivity contribution in [3.05, 3.63) is 87.9 Å². The molecule has 3 aromatic carbocycles. The Labute approximate surface area is 290 Å². The first kappa shape index (κ1) is 34.3. The smallest absolute Gasteiger partial charge is 0.264 e. The zero-order chi connectivity index (χ0) is 34.4. The number of anilines is 2. The SMILES string of the molecule is COc1ccc(C(=O)Nc2cccc(CN3C(=O)[C@]4(O[C@H](CC(=O)N5CCC[C@H]5CO)[C@@H]([Si](C)(C)O)[C@@H]4C)c4cc(Br)ccc43)c2)cc1. The van der Waals surface area contributed by atoms with Gasteiger partial charge in [-0.05, 0) is 86.1 Å². The van der Waals surface area contributed by atoms with Crippen molar-refractivity contribution in [1.82, 2.24) is 4.90 Å². The summed E-state index contributed by atoms with van der Waals surface area (Å²) in [6.45, 7) is 6.33. The van der Waals surface area contributed by atoms with E-state index in [0.717, 1.165) is 22.9 Å². The summed E-state index contributed by atoms with van der Waals surface area (Å²) in [5.74, 6) is -0.408. The van der Waals surface area contributed by atoms with Gasteiger partial charge in [0.1, 0.15) is 5.75 Å². The molecule has 6 rings (SSSR count). The minimum absolute atomic E-state index is 0.0246. The molecule has 3 aliphatic heterocycles. The molecule has 3 heterocycles. The zero-order valence-electron chi connectivity index (χ0n) is 27.6. The summed E-state index contributed by atoms with van der Waals surface area (Å²) in [7, 11) is -1.40. The van der Waals surface area contributed by atoms with Gasteiger partial charge in [0.15, 0.2) is 13.9 Å². The number of halogens is 1. The average molecular weight is 737 g/mol. The number of amides is 3. The summed E-state index contributed by atoms with van der Waals surface area (Å²) in [5.41, 5.74) is 1.48. The highest BCUT2D eigenvalue weighted by molar-refractivity contribution is 9.10. The largest absolute Gasteiger partial charge is 0.497 e. The van der Waals surface area contributed by atoms with Crippen molar-refractivity contribution in [2.45, 2.75) is 69.1 Å². The van der Waals surface area contributed by atoms with Crippen molar-refractivity contribution in [1.29, 1.82) is 0 Å². The number of likely N-dealkylation sites (tertiary alicyclic amines) is 1. The minimum Gasteiger partial charge on any atom is -0.497 e. The van der Waals surface area contributed by atoms with Gasteiger partial charge in [0.05, 0.1) is 44.5 Å². The normalized spacial score (nSPS) is 25.1. The quantitative estimate of drug-likeness (QED) is 0.250. The maximum absolute atomic E-state index is 14.8. The Morgan fingerprint density at radius 1 is 1.12 bits per heavy atom. The number of hydrogen-bond acceptors (Lipinski definition) is 7. The molecule has 0 bridgehead atoms. The molecule has 3 amide bonds. The molecular formula is C36H42BrN3O7Si. The number of methoxy groups -OCH3 is 1. The molecule has 2 saturated heterocycles. The lowest BCUT2D eigenvalue weighted by Gasteiger charge is -2.33. The number of nitrogens with zero attached hydrogens (tertiary/aromatic N) is 2. The van der Waals surface area contributed by atoms with E-state index in [0.29, 0.717) is 34.8 Å². The van der Waals surface area contributed by atoms with Crippen LogP contribution in [0.15, 0.2) is 71.2 Å². The Morgan fingerprint density at radius 2 is 1.88 bits per heavy atom. The highest BCUT2D eigenvalue weighted by atomic mass is 79.9. The Balaban J connectivity index is 1.29. The first-order chi connectivity index (χ1) is 22.9. The predicted molar refractivity (Wildman–Crippen MR) is 188 cm³/mol. The first-order valence-electron chi connectivity index (χ1n) is 16.3. The molecule has 0 radical (unpaired) electrons. The van der Waals surface area contributed by atoms with Crippen LogP contribution in [0.1, 0.15) is 47.7 Å². The molecular weight excluding hydrogens is 694 g/mol. The number of aliphatic hydroxyl groups excluding tert-OH is 1. The van der Waals surface area contributed by atoms with E-state index in [1.54, 1.807) is 47.2 Å². The second-order valence-electron chi connectivity index (χ2n) is 13.6. The Bertz CT molecular complexity index is 1710. The molecule has 10 nitrogen and oxygen atoms in total. The predicted octanol–water partition coefficient (Wildman–Crippen LogP) is 5.43. The monoisotopic (exact) mass is 735 g/mol. The summed E-state index contributed by atoms with van der Waals surface area (Å²) in [5, 5.41) is 12.8. The van der Waals surface area contributed by atoms with E-state index in [9.17, 15) is 24.3 Å². The van der Waals surface area contributed by atoms with E-state index in [1.165, 1.54) is 0 Å². The second kappa shape index (κ2) is 13.4. The maximum Gasteiger partial charge on any atom is 0.264 e. The number of rotatable bonds is 9. The van der Waals surface area contributed by atoms with Gasteiger partial charge in [-0.15, -0.1) is 0 Å². The molecule has 5 atom stereocenters. The molecule has 2 fully saturated rings. The number of ether oxygens (including phenoxy) is 2. The van der Waals surface area contributed by atoms with Gasteiger partial charge in [-0.2, -0.15) is 0 Å². The van der Waals surface area contributed by atoms with E-state index in [4.69, 9.17) is 9.47 Å². The van der Waals surface area contributed by atoms with Gasteiger partial charge >= 0.3 is 0 Å². The molecule has 0 aromatic heterocycles. The third-order valence-corrected chi connectivity index (χ3v) is 13.1. The number of aliphatic hydroxyl groups is 1. The van der Waals surface area contributed by atoms with Crippen LogP contribution >= 0.6 is 15.9 Å².